The summed E-state index contributed by atoms with van der Waals surface area (Å²) in [6, 6.07) is 14.2. The standard InChI is InChI=1S/C25H25N3O5/c1-15-13-20(21(29)14-32-25(31)22-12-11-16(2)33-22)17(3)27(15)23-18(4)26(5)28(24(23)30)19-9-7-6-8-10-19/h6-13H,14H2,1-5H3. The molecular weight excluding hydrogens is 422 g/mol. The van der Waals surface area contributed by atoms with Crippen LogP contribution in [0.5, 0.6) is 0 Å². The van der Waals surface area contributed by atoms with E-state index in [1.54, 1.807) is 39.9 Å². The van der Waals surface area contributed by atoms with Crippen molar-refractivity contribution < 1.29 is 18.7 Å². The largest absolute Gasteiger partial charge is 0.454 e. The van der Waals surface area contributed by atoms with E-state index in [-0.39, 0.29) is 17.1 Å². The maximum Gasteiger partial charge on any atom is 0.374 e. The third kappa shape index (κ3) is 3.84. The van der Waals surface area contributed by atoms with E-state index in [4.69, 9.17) is 9.15 Å². The zero-order valence-electron chi connectivity index (χ0n) is 19.2. The van der Waals surface area contributed by atoms with Gasteiger partial charge < -0.3 is 13.7 Å². The summed E-state index contributed by atoms with van der Waals surface area (Å²) in [4.78, 5) is 38.4. The van der Waals surface area contributed by atoms with Crippen molar-refractivity contribution in [3.63, 3.8) is 0 Å². The Kier molecular flexibility index (Phi) is 5.68. The summed E-state index contributed by atoms with van der Waals surface area (Å²) in [5.74, 6) is -0.429. The number of hydrogen-bond donors (Lipinski definition) is 0. The number of furan rings is 1. The van der Waals surface area contributed by atoms with E-state index < -0.39 is 12.6 Å². The normalized spacial score (nSPS) is 11.1. The molecule has 0 amide bonds. The average molecular weight is 447 g/mol. The number of ketones is 1. The molecule has 4 aromatic rings. The molecule has 8 nitrogen and oxygen atoms in total. The lowest BCUT2D eigenvalue weighted by molar-refractivity contribution is 0.0442. The number of ether oxygens (including phenoxy) is 1. The van der Waals surface area contributed by atoms with Gasteiger partial charge in [-0.05, 0) is 58.0 Å². The molecule has 3 aromatic heterocycles. The maximum atomic E-state index is 13.4. The Morgan fingerprint density at radius 3 is 2.30 bits per heavy atom. The van der Waals surface area contributed by atoms with Crippen molar-refractivity contribution in [2.45, 2.75) is 27.7 Å². The van der Waals surface area contributed by atoms with Gasteiger partial charge in [-0.25, -0.2) is 9.48 Å². The van der Waals surface area contributed by atoms with Crippen molar-refractivity contribution >= 4 is 11.8 Å². The zero-order chi connectivity index (χ0) is 23.9. The molecule has 170 valence electrons. The lowest BCUT2D eigenvalue weighted by Crippen LogP contribution is -2.22. The highest BCUT2D eigenvalue weighted by atomic mass is 16.5. The van der Waals surface area contributed by atoms with E-state index in [2.05, 4.69) is 0 Å². The number of aryl methyl sites for hydroxylation is 2. The summed E-state index contributed by atoms with van der Waals surface area (Å²) in [5.41, 5.74) is 3.51. The smallest absolute Gasteiger partial charge is 0.374 e. The molecule has 8 heteroatoms. The van der Waals surface area contributed by atoms with Crippen molar-refractivity contribution in [3.8, 4) is 11.4 Å². The number of benzene rings is 1. The van der Waals surface area contributed by atoms with Gasteiger partial charge in [-0.2, -0.15) is 0 Å². The molecule has 0 N–H and O–H groups in total. The van der Waals surface area contributed by atoms with Crippen LogP contribution in [-0.4, -0.2) is 32.3 Å². The van der Waals surface area contributed by atoms with Crippen LogP contribution in [0.4, 0.5) is 0 Å². The number of rotatable bonds is 6. The van der Waals surface area contributed by atoms with E-state index in [0.717, 1.165) is 17.1 Å². The third-order valence-electron chi connectivity index (χ3n) is 5.75. The highest BCUT2D eigenvalue weighted by Gasteiger charge is 2.24. The van der Waals surface area contributed by atoms with Gasteiger partial charge in [0.2, 0.25) is 11.5 Å². The number of carbonyl (C=O) groups excluding carboxylic acids is 2. The number of hydrogen-bond acceptors (Lipinski definition) is 5. The lowest BCUT2D eigenvalue weighted by Gasteiger charge is -2.08. The van der Waals surface area contributed by atoms with E-state index in [9.17, 15) is 14.4 Å². The minimum atomic E-state index is -0.699. The maximum absolute atomic E-state index is 13.4. The van der Waals surface area contributed by atoms with Crippen LogP contribution in [0.2, 0.25) is 0 Å². The van der Waals surface area contributed by atoms with Gasteiger partial charge in [-0.15, -0.1) is 0 Å². The lowest BCUT2D eigenvalue weighted by atomic mass is 10.1. The van der Waals surface area contributed by atoms with Gasteiger partial charge in [0.1, 0.15) is 11.4 Å². The zero-order valence-corrected chi connectivity index (χ0v) is 19.2. The molecule has 0 bridgehead atoms. The molecular formula is C25H25N3O5. The second-order valence-electron chi connectivity index (χ2n) is 7.94. The van der Waals surface area contributed by atoms with Crippen LogP contribution in [0.1, 0.15) is 43.8 Å². The van der Waals surface area contributed by atoms with Crippen molar-refractivity contribution in [2.75, 3.05) is 6.61 Å². The molecule has 0 radical (unpaired) electrons. The molecule has 0 aliphatic heterocycles. The first-order valence-electron chi connectivity index (χ1n) is 10.5. The molecule has 0 spiro atoms. The molecule has 3 heterocycles. The molecule has 0 aliphatic carbocycles. The highest BCUT2D eigenvalue weighted by Crippen LogP contribution is 2.23. The number of nitrogens with zero attached hydrogens (tertiary/aromatic N) is 3. The van der Waals surface area contributed by atoms with Crippen LogP contribution in [0.25, 0.3) is 11.4 Å². The quantitative estimate of drug-likeness (QED) is 0.331. The predicted molar refractivity (Wildman–Crippen MR) is 123 cm³/mol. The van der Waals surface area contributed by atoms with E-state index in [1.165, 1.54) is 6.07 Å². The van der Waals surface area contributed by atoms with E-state index in [0.29, 0.717) is 22.7 Å². The second kappa shape index (κ2) is 8.46. The number of Topliss-reactive ketones (excluding diaryl/α,β-unsaturated/α-hetero) is 1. The summed E-state index contributed by atoms with van der Waals surface area (Å²) in [5, 5.41) is 0. The Morgan fingerprint density at radius 1 is 0.970 bits per heavy atom. The van der Waals surface area contributed by atoms with Crippen LogP contribution < -0.4 is 5.56 Å². The topological polar surface area (TPSA) is 88.4 Å². The number of carbonyl (C=O) groups is 2. The van der Waals surface area contributed by atoms with Crippen molar-refractivity contribution in [3.05, 3.63) is 93.1 Å². The van der Waals surface area contributed by atoms with Gasteiger partial charge in [-0.3, -0.25) is 14.3 Å². The van der Waals surface area contributed by atoms with Gasteiger partial charge in [0.15, 0.2) is 6.61 Å². The Morgan fingerprint density at radius 2 is 1.67 bits per heavy atom. The first-order valence-corrected chi connectivity index (χ1v) is 10.5. The molecule has 1 aromatic carbocycles. The molecule has 0 unspecified atom stereocenters. The van der Waals surface area contributed by atoms with Crippen LogP contribution in [0.3, 0.4) is 0 Å². The van der Waals surface area contributed by atoms with E-state index in [1.807, 2.05) is 51.2 Å². The fourth-order valence-corrected chi connectivity index (χ4v) is 4.03. The van der Waals surface area contributed by atoms with Gasteiger partial charge in [0, 0.05) is 24.0 Å². The predicted octanol–water partition coefficient (Wildman–Crippen LogP) is 3.83. The van der Waals surface area contributed by atoms with Crippen LogP contribution in [-0.2, 0) is 11.8 Å². The number of aromatic nitrogens is 3. The molecule has 0 saturated carbocycles. The molecule has 4 rings (SSSR count). The number of esters is 1. The monoisotopic (exact) mass is 447 g/mol. The average Bonchev–Trinajstić information content (AvgIpc) is 3.42. The third-order valence-corrected chi connectivity index (χ3v) is 5.75. The van der Waals surface area contributed by atoms with Gasteiger partial charge in [0.05, 0.1) is 11.4 Å². The Balaban J connectivity index is 1.67. The molecule has 0 saturated heterocycles. The summed E-state index contributed by atoms with van der Waals surface area (Å²) < 4.78 is 15.5. The fourth-order valence-electron chi connectivity index (χ4n) is 4.03. The summed E-state index contributed by atoms with van der Waals surface area (Å²) in [6.07, 6.45) is 0. The molecule has 0 aliphatic rings. The SMILES string of the molecule is Cc1ccc(C(=O)OCC(=O)c2cc(C)n(-c3c(C)n(C)n(-c4ccccc4)c3=O)c2C)o1. The van der Waals surface area contributed by atoms with Gasteiger partial charge in [-0.1, -0.05) is 18.2 Å². The van der Waals surface area contributed by atoms with Crippen LogP contribution >= 0.6 is 0 Å². The van der Waals surface area contributed by atoms with Crippen molar-refractivity contribution in [1.82, 2.24) is 13.9 Å². The van der Waals surface area contributed by atoms with Gasteiger partial charge in [0.25, 0.3) is 5.56 Å². The summed E-state index contributed by atoms with van der Waals surface area (Å²) >= 11 is 0. The van der Waals surface area contributed by atoms with Crippen molar-refractivity contribution in [1.29, 1.82) is 0 Å². The second-order valence-corrected chi connectivity index (χ2v) is 7.94. The van der Waals surface area contributed by atoms with Crippen molar-refractivity contribution in [2.24, 2.45) is 7.05 Å². The number of para-hydroxylation sites is 1. The minimum Gasteiger partial charge on any atom is -0.454 e. The van der Waals surface area contributed by atoms with E-state index >= 15 is 0 Å². The Bertz CT molecular complexity index is 1420. The molecule has 33 heavy (non-hydrogen) atoms. The Hall–Kier alpha value is -4.07. The van der Waals surface area contributed by atoms with Crippen LogP contribution in [0, 0.1) is 27.7 Å². The minimum absolute atomic E-state index is 0.0483. The van der Waals surface area contributed by atoms with Crippen LogP contribution in [0.15, 0.2) is 57.7 Å². The first-order chi connectivity index (χ1) is 15.7. The summed E-state index contributed by atoms with van der Waals surface area (Å²) in [7, 11) is 1.82. The molecule has 0 fully saturated rings. The fraction of sp³-hybridized carbons (Fsp3) is 0.240. The first kappa shape index (κ1) is 22.1. The highest BCUT2D eigenvalue weighted by molar-refractivity contribution is 6.00. The van der Waals surface area contributed by atoms with Gasteiger partial charge >= 0.3 is 5.97 Å². The molecule has 0 atom stereocenters. The Labute approximate surface area is 190 Å². The summed E-state index contributed by atoms with van der Waals surface area (Å²) in [6.45, 7) is 6.76.